The molecule has 0 amide bonds. The van der Waals surface area contributed by atoms with Gasteiger partial charge in [-0.25, -0.2) is 0 Å². The van der Waals surface area contributed by atoms with Crippen LogP contribution in [0.3, 0.4) is 0 Å². The van der Waals surface area contributed by atoms with E-state index in [2.05, 4.69) is 41.5 Å². The summed E-state index contributed by atoms with van der Waals surface area (Å²) in [6.45, 7) is 15.8. The second kappa shape index (κ2) is 41.4. The molecule has 0 fully saturated rings. The largest absolute Gasteiger partial charge is 2.00 e. The van der Waals surface area contributed by atoms with Crippen molar-refractivity contribution in [1.82, 2.24) is 0 Å². The van der Waals surface area contributed by atoms with E-state index in [0.29, 0.717) is 15.8 Å². The van der Waals surface area contributed by atoms with E-state index in [9.17, 15) is 0 Å². The van der Waals surface area contributed by atoms with E-state index in [1.54, 1.807) is 37.0 Å². The Hall–Kier alpha value is 0.319. The van der Waals surface area contributed by atoms with E-state index >= 15 is 0 Å². The number of unbranched alkanes of at least 4 members (excludes halogenated alkanes) is 6. The first-order valence-corrected chi connectivity index (χ1v) is 17.8. The Morgan fingerprint density at radius 1 is 0.457 bits per heavy atom. The van der Waals surface area contributed by atoms with Gasteiger partial charge >= 0.3 is 17.1 Å². The Balaban J connectivity index is -0.000000128. The van der Waals surface area contributed by atoms with Crippen LogP contribution in [0.1, 0.15) is 132 Å². The van der Waals surface area contributed by atoms with Gasteiger partial charge in [0.2, 0.25) is 0 Å². The summed E-state index contributed by atoms with van der Waals surface area (Å²) in [5.41, 5.74) is 0. The molecule has 1 radical (unpaired) electrons. The molecule has 0 saturated carbocycles. The van der Waals surface area contributed by atoms with Crippen molar-refractivity contribution in [1.29, 1.82) is 0 Å². The fourth-order valence-corrected chi connectivity index (χ4v) is 8.88. The summed E-state index contributed by atoms with van der Waals surface area (Å²) in [4.78, 5) is 17.8. The van der Waals surface area contributed by atoms with Crippen molar-refractivity contribution in [2.45, 2.75) is 132 Å². The predicted octanol–water partition coefficient (Wildman–Crippen LogP) is 7.25. The third-order valence-electron chi connectivity index (χ3n) is 4.97. The summed E-state index contributed by atoms with van der Waals surface area (Å²) in [6.07, 6.45) is 26.4. The van der Waals surface area contributed by atoms with Gasteiger partial charge in [-0.3, -0.25) is 0 Å². The first-order valence-electron chi connectivity index (χ1n) is 14.0. The summed E-state index contributed by atoms with van der Waals surface area (Å²) in [7, 11) is 0.843. The molecule has 0 rings (SSSR count). The summed E-state index contributed by atoms with van der Waals surface area (Å²) in [6, 6.07) is 0. The van der Waals surface area contributed by atoms with Gasteiger partial charge in [0.15, 0.2) is 0 Å². The van der Waals surface area contributed by atoms with Crippen molar-refractivity contribution >= 4 is 27.8 Å². The van der Waals surface area contributed by atoms with Crippen LogP contribution in [0.2, 0.25) is 0 Å². The van der Waals surface area contributed by atoms with Gasteiger partial charge in [0.25, 0.3) is 0 Å². The molecule has 0 heterocycles. The Bertz CT molecular complexity index is 317. The zero-order valence-electron chi connectivity index (χ0n) is 24.6. The number of carboxylic acid groups (broad SMARTS) is 2. The number of hydrogen-bond acceptors (Lipinski definition) is 4. The molecule has 0 saturated heterocycles. The minimum atomic E-state index is -1.08. The molecule has 0 aliphatic rings. The molecule has 217 valence electrons. The number of hydrogen-bond donors (Lipinski definition) is 0. The fourth-order valence-electron chi connectivity index (χ4n) is 2.96. The molecule has 0 aliphatic heterocycles. The van der Waals surface area contributed by atoms with Crippen molar-refractivity contribution in [3.63, 3.8) is 0 Å². The SMILES string of the molecule is CC(=O)[O-].CC(=O)[O-].CCCCP(CCCC)CCCC.CCCCP(CCCC)CCCC.[Cu+2]. The van der Waals surface area contributed by atoms with Gasteiger partial charge < -0.3 is 19.8 Å². The van der Waals surface area contributed by atoms with Gasteiger partial charge in [0.1, 0.15) is 0 Å². The quantitative estimate of drug-likeness (QED) is 0.125. The Kier molecular flexibility index (Phi) is 53.6. The molecule has 0 aromatic heterocycles. The molecular weight excluding hydrogens is 526 g/mol. The van der Waals surface area contributed by atoms with E-state index in [4.69, 9.17) is 19.8 Å². The van der Waals surface area contributed by atoms with Crippen LogP contribution >= 0.6 is 15.8 Å². The van der Waals surface area contributed by atoms with Gasteiger partial charge in [0, 0.05) is 11.9 Å². The smallest absolute Gasteiger partial charge is 0.550 e. The van der Waals surface area contributed by atoms with Crippen molar-refractivity contribution in [3.05, 3.63) is 0 Å². The van der Waals surface area contributed by atoms with Gasteiger partial charge in [-0.15, -0.1) is 15.8 Å². The standard InChI is InChI=1S/2C12H27P.2C2H4O2.Cu/c2*1-4-7-10-13(11-8-5-2)12-9-6-3;2*1-2(3)4;/h2*4-12H2,1-3H3;2*1H3,(H,3,4);/q;;;;+2/p-2. The van der Waals surface area contributed by atoms with Gasteiger partial charge in [-0.2, -0.15) is 0 Å². The first kappa shape index (κ1) is 45.3. The molecule has 0 aliphatic carbocycles. The van der Waals surface area contributed by atoms with E-state index in [1.165, 1.54) is 77.0 Å². The maximum Gasteiger partial charge on any atom is 2.00 e. The minimum absolute atomic E-state index is 0. The zero-order valence-corrected chi connectivity index (χ0v) is 27.3. The summed E-state index contributed by atoms with van der Waals surface area (Å²) >= 11 is 0. The molecule has 7 heteroatoms. The predicted molar refractivity (Wildman–Crippen MR) is 154 cm³/mol. The molecule has 0 N–H and O–H groups in total. The molecule has 0 aromatic rings. The second-order valence-corrected chi connectivity index (χ2v) is 14.2. The number of carboxylic acids is 2. The van der Waals surface area contributed by atoms with Crippen molar-refractivity contribution in [3.8, 4) is 0 Å². The van der Waals surface area contributed by atoms with E-state index in [0.717, 1.165) is 13.8 Å². The van der Waals surface area contributed by atoms with Crippen LogP contribution < -0.4 is 10.2 Å². The van der Waals surface area contributed by atoms with Gasteiger partial charge in [0.05, 0.1) is 0 Å². The van der Waals surface area contributed by atoms with Crippen LogP contribution in [-0.4, -0.2) is 48.9 Å². The van der Waals surface area contributed by atoms with E-state index in [1.807, 2.05) is 0 Å². The third-order valence-corrected chi connectivity index (χ3v) is 10.7. The Labute approximate surface area is 233 Å². The molecule has 0 spiro atoms. The monoisotopic (exact) mass is 585 g/mol. The maximum absolute atomic E-state index is 8.89. The number of carbonyl (C=O) groups is 2. The van der Waals surface area contributed by atoms with E-state index < -0.39 is 11.9 Å². The average Bonchev–Trinajstić information content (AvgIpc) is 2.78. The van der Waals surface area contributed by atoms with Crippen molar-refractivity contribution in [2.24, 2.45) is 0 Å². The first-order chi connectivity index (χ1) is 16.2. The fraction of sp³-hybridized carbons (Fsp3) is 0.929. The van der Waals surface area contributed by atoms with Crippen LogP contribution in [0.25, 0.3) is 0 Å². The zero-order chi connectivity index (χ0) is 27.0. The van der Waals surface area contributed by atoms with Gasteiger partial charge in [-0.05, 0) is 89.3 Å². The van der Waals surface area contributed by atoms with Crippen molar-refractivity contribution in [2.75, 3.05) is 37.0 Å². The molecule has 0 unspecified atom stereocenters. The minimum Gasteiger partial charge on any atom is -0.550 e. The van der Waals surface area contributed by atoms with Crippen LogP contribution in [0, 0.1) is 0 Å². The number of rotatable bonds is 18. The normalized spacial score (nSPS) is 9.66. The molecular formula is C28H60CuO4P2. The van der Waals surface area contributed by atoms with Crippen molar-refractivity contribution < 1.29 is 36.9 Å². The van der Waals surface area contributed by atoms with Gasteiger partial charge in [-0.1, -0.05) is 80.1 Å². The molecule has 4 nitrogen and oxygen atoms in total. The van der Waals surface area contributed by atoms with E-state index in [-0.39, 0.29) is 17.1 Å². The topological polar surface area (TPSA) is 80.3 Å². The second-order valence-electron chi connectivity index (χ2n) is 8.79. The average molecular weight is 586 g/mol. The van der Waals surface area contributed by atoms with Crippen LogP contribution in [-0.2, 0) is 26.7 Å². The summed E-state index contributed by atoms with van der Waals surface area (Å²) in [5, 5.41) is 17.8. The molecule has 35 heavy (non-hydrogen) atoms. The maximum atomic E-state index is 8.89. The summed E-state index contributed by atoms with van der Waals surface area (Å²) in [5.74, 6) is -2.17. The third kappa shape index (κ3) is 60.6. The van der Waals surface area contributed by atoms with Crippen LogP contribution in [0.5, 0.6) is 0 Å². The summed E-state index contributed by atoms with van der Waals surface area (Å²) < 4.78 is 0. The number of carbonyl (C=O) groups excluding carboxylic acids is 2. The van der Waals surface area contributed by atoms with Crippen LogP contribution in [0.4, 0.5) is 0 Å². The molecule has 0 aromatic carbocycles. The van der Waals surface area contributed by atoms with Crippen LogP contribution in [0.15, 0.2) is 0 Å². The molecule has 0 bridgehead atoms. The number of aliphatic carboxylic acids is 2. The Morgan fingerprint density at radius 2 is 0.571 bits per heavy atom. The Morgan fingerprint density at radius 3 is 0.657 bits per heavy atom. The molecule has 0 atom stereocenters.